The second kappa shape index (κ2) is 17.0. The SMILES string of the molecule is CC[Si](CC)(CC)OC(C)(C)CCC[C@@H](C)[C@H]1CC[C@H]2/C(=C/C=C3C[C@@H](O[Si](C)(C)C(C)(C)C)C[C@H](O[Si](C)(C)C(C)(C)C)C3)CCC[C@H]12. The summed E-state index contributed by atoms with van der Waals surface area (Å²) in [6, 6.07) is 3.73. The quantitative estimate of drug-likeness (QED) is 0.157. The van der Waals surface area contributed by atoms with Crippen LogP contribution in [0.4, 0.5) is 0 Å². The van der Waals surface area contributed by atoms with Gasteiger partial charge in [0.1, 0.15) is 0 Å². The summed E-state index contributed by atoms with van der Waals surface area (Å²) in [6.07, 6.45) is 19.6. The van der Waals surface area contributed by atoms with Crippen molar-refractivity contribution in [1.29, 1.82) is 0 Å². The van der Waals surface area contributed by atoms with Gasteiger partial charge in [-0.1, -0.05) is 105 Å². The summed E-state index contributed by atoms with van der Waals surface area (Å²) in [5.41, 5.74) is 3.33. The normalized spacial score (nSPS) is 27.8. The van der Waals surface area contributed by atoms with E-state index in [0.717, 1.165) is 42.9 Å². The number of fused-ring (bicyclic) bond motifs is 1. The van der Waals surface area contributed by atoms with Crippen LogP contribution in [0.1, 0.15) is 154 Å². The Morgan fingerprint density at radius 2 is 1.29 bits per heavy atom. The molecule has 3 saturated carbocycles. The second-order valence-electron chi connectivity index (χ2n) is 20.6. The van der Waals surface area contributed by atoms with E-state index in [9.17, 15) is 0 Å². The molecule has 0 aromatic heterocycles. The molecule has 0 unspecified atom stereocenters. The lowest BCUT2D eigenvalue weighted by Crippen LogP contribution is -2.48. The average Bonchev–Trinajstić information content (AvgIpc) is 3.42. The largest absolute Gasteiger partial charge is 0.414 e. The number of hydrogen-bond donors (Lipinski definition) is 0. The standard InChI is InChI=1S/C43H84O3Si3/c1-17-49(18-2,19-3)46-43(11,12)29-21-22-33(4)38-27-28-39-35(23-20-24-40(38)39)26-25-34-30-36(44-47(13,14)41(5,6)7)32-37(31-34)45-48(15,16)42(8,9)10/h25-26,33,36-40H,17-24,27-32H2,1-16H3/b35-26+/t33-,36-,37-,38-,39+,40-/m1/s1. The Morgan fingerprint density at radius 1 is 0.755 bits per heavy atom. The van der Waals surface area contributed by atoms with Crippen LogP contribution in [0.5, 0.6) is 0 Å². The van der Waals surface area contributed by atoms with E-state index in [0.29, 0.717) is 0 Å². The second-order valence-corrected chi connectivity index (χ2v) is 34.8. The van der Waals surface area contributed by atoms with Gasteiger partial charge in [-0.05, 0) is 150 Å². The zero-order valence-corrected chi connectivity index (χ0v) is 38.7. The summed E-state index contributed by atoms with van der Waals surface area (Å²) in [5, 5.41) is 0.436. The van der Waals surface area contributed by atoms with Crippen LogP contribution in [0.3, 0.4) is 0 Å². The first-order valence-electron chi connectivity index (χ1n) is 20.9. The molecule has 3 aliphatic carbocycles. The summed E-state index contributed by atoms with van der Waals surface area (Å²) >= 11 is 0. The highest BCUT2D eigenvalue weighted by Gasteiger charge is 2.45. The molecular weight excluding hydrogens is 649 g/mol. The highest BCUT2D eigenvalue weighted by atomic mass is 28.4. The molecule has 0 amide bonds. The summed E-state index contributed by atoms with van der Waals surface area (Å²) < 4.78 is 21.2. The Kier molecular flexibility index (Phi) is 15.1. The Hall–Kier alpha value is 0.0106. The molecule has 286 valence electrons. The predicted octanol–water partition coefficient (Wildman–Crippen LogP) is 14.2. The maximum absolute atomic E-state index is 7.11. The van der Waals surface area contributed by atoms with E-state index in [1.165, 1.54) is 69.5 Å². The fourth-order valence-corrected chi connectivity index (χ4v) is 15.1. The molecule has 3 nitrogen and oxygen atoms in total. The van der Waals surface area contributed by atoms with Crippen molar-refractivity contribution in [1.82, 2.24) is 0 Å². The van der Waals surface area contributed by atoms with Crippen LogP contribution in [-0.4, -0.2) is 42.8 Å². The third-order valence-corrected chi connectivity index (χ3v) is 28.4. The van der Waals surface area contributed by atoms with Crippen LogP contribution < -0.4 is 0 Å². The van der Waals surface area contributed by atoms with Crippen molar-refractivity contribution < 1.29 is 13.3 Å². The van der Waals surface area contributed by atoms with Crippen molar-refractivity contribution in [2.24, 2.45) is 23.7 Å². The van der Waals surface area contributed by atoms with Crippen molar-refractivity contribution in [3.63, 3.8) is 0 Å². The van der Waals surface area contributed by atoms with Gasteiger partial charge in [-0.2, -0.15) is 0 Å². The molecule has 3 aliphatic rings. The van der Waals surface area contributed by atoms with Crippen LogP contribution in [0.15, 0.2) is 23.3 Å². The van der Waals surface area contributed by atoms with Crippen LogP contribution in [-0.2, 0) is 13.3 Å². The minimum atomic E-state index is -1.87. The van der Waals surface area contributed by atoms with E-state index < -0.39 is 25.0 Å². The average molecular weight is 733 g/mol. The monoisotopic (exact) mass is 733 g/mol. The fraction of sp³-hybridized carbons (Fsp3) is 0.907. The molecular formula is C43H84O3Si3. The van der Waals surface area contributed by atoms with Gasteiger partial charge < -0.3 is 13.3 Å². The summed E-state index contributed by atoms with van der Waals surface area (Å²) in [4.78, 5) is 0. The van der Waals surface area contributed by atoms with E-state index in [-0.39, 0.29) is 27.9 Å². The van der Waals surface area contributed by atoms with Gasteiger partial charge in [0.05, 0.1) is 17.8 Å². The topological polar surface area (TPSA) is 27.7 Å². The highest BCUT2D eigenvalue weighted by molar-refractivity contribution is 6.74. The molecule has 0 bridgehead atoms. The van der Waals surface area contributed by atoms with Gasteiger partial charge in [0.2, 0.25) is 0 Å². The molecule has 0 aromatic rings. The highest BCUT2D eigenvalue weighted by Crippen LogP contribution is 2.52. The fourth-order valence-electron chi connectivity index (χ4n) is 9.14. The molecule has 6 atom stereocenters. The van der Waals surface area contributed by atoms with Gasteiger partial charge in [0.15, 0.2) is 25.0 Å². The summed E-state index contributed by atoms with van der Waals surface area (Å²) in [6.45, 7) is 38.3. The van der Waals surface area contributed by atoms with E-state index in [1.807, 2.05) is 0 Å². The van der Waals surface area contributed by atoms with Crippen LogP contribution in [0.25, 0.3) is 0 Å². The van der Waals surface area contributed by atoms with Gasteiger partial charge in [-0.25, -0.2) is 0 Å². The summed E-state index contributed by atoms with van der Waals surface area (Å²) in [5.74, 6) is 3.38. The first-order valence-corrected chi connectivity index (χ1v) is 29.3. The predicted molar refractivity (Wildman–Crippen MR) is 223 cm³/mol. The molecule has 0 N–H and O–H groups in total. The molecule has 0 aliphatic heterocycles. The van der Waals surface area contributed by atoms with Crippen LogP contribution in [0.2, 0.25) is 54.4 Å². The van der Waals surface area contributed by atoms with Gasteiger partial charge in [-0.3, -0.25) is 0 Å². The van der Waals surface area contributed by atoms with Gasteiger partial charge in [-0.15, -0.1) is 0 Å². The molecule has 0 spiro atoms. The van der Waals surface area contributed by atoms with E-state index >= 15 is 0 Å². The van der Waals surface area contributed by atoms with Crippen LogP contribution >= 0.6 is 0 Å². The lowest BCUT2D eigenvalue weighted by atomic mass is 9.71. The summed E-state index contributed by atoms with van der Waals surface area (Å²) in [7, 11) is -5.31. The minimum Gasteiger partial charge on any atom is -0.414 e. The van der Waals surface area contributed by atoms with Gasteiger partial charge in [0, 0.05) is 0 Å². The first kappa shape index (κ1) is 43.4. The Bertz CT molecular complexity index is 1060. The Morgan fingerprint density at radius 3 is 1.78 bits per heavy atom. The van der Waals surface area contributed by atoms with Crippen molar-refractivity contribution in [2.75, 3.05) is 0 Å². The maximum atomic E-state index is 7.11. The number of rotatable bonds is 15. The third kappa shape index (κ3) is 11.5. The van der Waals surface area contributed by atoms with E-state index in [4.69, 9.17) is 13.3 Å². The lowest BCUT2D eigenvalue weighted by Gasteiger charge is -2.45. The molecule has 0 saturated heterocycles. The zero-order valence-electron chi connectivity index (χ0n) is 35.7. The smallest absolute Gasteiger partial charge is 0.192 e. The number of allylic oxidation sites excluding steroid dienone is 3. The molecule has 3 fully saturated rings. The molecule has 0 aromatic carbocycles. The molecule has 6 heteroatoms. The lowest BCUT2D eigenvalue weighted by molar-refractivity contribution is 0.0725. The van der Waals surface area contributed by atoms with Crippen LogP contribution in [0, 0.1) is 23.7 Å². The van der Waals surface area contributed by atoms with E-state index in [2.05, 4.69) is 121 Å². The first-order chi connectivity index (χ1) is 22.5. The molecule has 0 heterocycles. The molecule has 0 radical (unpaired) electrons. The molecule has 49 heavy (non-hydrogen) atoms. The van der Waals surface area contributed by atoms with Crippen molar-refractivity contribution in [2.45, 2.75) is 226 Å². The number of hydrogen-bond acceptors (Lipinski definition) is 3. The van der Waals surface area contributed by atoms with Gasteiger partial charge >= 0.3 is 0 Å². The Balaban J connectivity index is 1.70. The van der Waals surface area contributed by atoms with E-state index in [1.54, 1.807) is 11.1 Å². The van der Waals surface area contributed by atoms with Crippen molar-refractivity contribution >= 4 is 25.0 Å². The minimum absolute atomic E-state index is 0.0169. The van der Waals surface area contributed by atoms with Crippen molar-refractivity contribution in [3.8, 4) is 0 Å². The van der Waals surface area contributed by atoms with Crippen molar-refractivity contribution in [3.05, 3.63) is 23.3 Å². The maximum Gasteiger partial charge on any atom is 0.192 e. The van der Waals surface area contributed by atoms with Gasteiger partial charge in [0.25, 0.3) is 0 Å². The Labute approximate surface area is 310 Å². The third-order valence-electron chi connectivity index (χ3n) is 14.5. The molecule has 3 rings (SSSR count). The zero-order chi connectivity index (χ0) is 37.1.